The van der Waals surface area contributed by atoms with E-state index in [9.17, 15) is 24.8 Å². The van der Waals surface area contributed by atoms with Gasteiger partial charge in [-0.25, -0.2) is 14.9 Å². The third-order valence-corrected chi connectivity index (χ3v) is 8.57. The van der Waals surface area contributed by atoms with E-state index in [0.717, 1.165) is 24.0 Å². The molecule has 48 heavy (non-hydrogen) atoms. The molecule has 0 bridgehead atoms. The number of pyridine rings is 1. The molecule has 0 unspecified atom stereocenters. The maximum absolute atomic E-state index is 14.9. The molecular weight excluding hydrogens is 611 g/mol. The highest BCUT2D eigenvalue weighted by atomic mass is 19.1. The summed E-state index contributed by atoms with van der Waals surface area (Å²) in [4.78, 5) is 18.1. The van der Waals surface area contributed by atoms with E-state index in [1.165, 1.54) is 31.4 Å². The number of methoxy groups -OCH3 is 1. The molecule has 1 aliphatic heterocycles. The number of phenolic OH excluding ortho intramolecular Hbond substituents is 1. The van der Waals surface area contributed by atoms with E-state index in [0.29, 0.717) is 41.2 Å². The number of benzene rings is 3. The van der Waals surface area contributed by atoms with Crippen LogP contribution in [-0.4, -0.2) is 47.4 Å². The van der Waals surface area contributed by atoms with Crippen molar-refractivity contribution in [1.82, 2.24) is 15.8 Å². The van der Waals surface area contributed by atoms with Gasteiger partial charge in [0.15, 0.2) is 11.5 Å². The fourth-order valence-corrected chi connectivity index (χ4v) is 6.03. The number of ether oxygens (including phenoxy) is 1. The van der Waals surface area contributed by atoms with Crippen LogP contribution in [0, 0.1) is 28.5 Å². The van der Waals surface area contributed by atoms with Crippen LogP contribution in [0.5, 0.6) is 11.5 Å². The highest BCUT2D eigenvalue weighted by Crippen LogP contribution is 2.41. The Kier molecular flexibility index (Phi) is 10.0. The Hall–Kier alpha value is -5.75. The number of hydrogen-bond acceptors (Lipinski definition) is 9. The van der Waals surface area contributed by atoms with Gasteiger partial charge in [0.25, 0.3) is 5.91 Å². The lowest BCUT2D eigenvalue weighted by Crippen LogP contribution is -2.49. The number of nitrogens with one attached hydrogen (secondary N) is 2. The summed E-state index contributed by atoms with van der Waals surface area (Å²) in [5, 5.41) is 42.8. The van der Waals surface area contributed by atoms with Gasteiger partial charge in [-0.05, 0) is 79.3 Å². The first-order valence-corrected chi connectivity index (χ1v) is 15.3. The molecule has 3 aromatic carbocycles. The van der Waals surface area contributed by atoms with Gasteiger partial charge >= 0.3 is 0 Å². The van der Waals surface area contributed by atoms with Crippen LogP contribution in [0.25, 0.3) is 28.3 Å². The summed E-state index contributed by atoms with van der Waals surface area (Å²) in [6.07, 6.45) is 6.06. The lowest BCUT2D eigenvalue weighted by atomic mass is 9.90. The van der Waals surface area contributed by atoms with Crippen molar-refractivity contribution >= 4 is 17.8 Å². The van der Waals surface area contributed by atoms with Crippen molar-refractivity contribution < 1.29 is 24.2 Å². The van der Waals surface area contributed by atoms with E-state index >= 15 is 0 Å². The number of nitriles is 2. The normalized spacial score (nSPS) is 13.6. The topological polar surface area (TPSA) is 155 Å². The molecule has 1 fully saturated rings. The van der Waals surface area contributed by atoms with Crippen LogP contribution in [0.15, 0.2) is 72.9 Å². The number of piperidine rings is 1. The van der Waals surface area contributed by atoms with Crippen LogP contribution >= 0.6 is 0 Å². The molecule has 0 radical (unpaired) electrons. The van der Waals surface area contributed by atoms with Crippen molar-refractivity contribution in [2.24, 2.45) is 0 Å². The van der Waals surface area contributed by atoms with Gasteiger partial charge in [0.1, 0.15) is 29.3 Å². The van der Waals surface area contributed by atoms with Gasteiger partial charge in [-0.2, -0.15) is 10.5 Å². The highest BCUT2D eigenvalue weighted by Gasteiger charge is 2.30. The fourth-order valence-electron chi connectivity index (χ4n) is 6.03. The average molecular weight is 647 g/mol. The van der Waals surface area contributed by atoms with Crippen LogP contribution in [0.3, 0.4) is 0 Å². The van der Waals surface area contributed by atoms with Crippen LogP contribution in [0.1, 0.15) is 48.9 Å². The van der Waals surface area contributed by atoms with Gasteiger partial charge in [-0.15, -0.1) is 0 Å². The van der Waals surface area contributed by atoms with E-state index in [1.54, 1.807) is 36.0 Å². The summed E-state index contributed by atoms with van der Waals surface area (Å²) in [6.45, 7) is 5.46. The molecule has 244 valence electrons. The first-order valence-electron chi connectivity index (χ1n) is 15.3. The van der Waals surface area contributed by atoms with Gasteiger partial charge in [-0.3, -0.25) is 10.0 Å². The third kappa shape index (κ3) is 7.13. The Morgan fingerprint density at radius 1 is 1.06 bits per heavy atom. The number of nitrogens with zero attached hydrogens (tertiary/aromatic N) is 4. The summed E-state index contributed by atoms with van der Waals surface area (Å²) in [7, 11) is 1.45. The van der Waals surface area contributed by atoms with Crippen molar-refractivity contribution in [2.75, 3.05) is 25.1 Å². The lowest BCUT2D eigenvalue weighted by molar-refractivity contribution is -0.124. The Balaban J connectivity index is 1.40. The molecule has 4 aromatic rings. The number of phenols is 1. The van der Waals surface area contributed by atoms with E-state index in [4.69, 9.17) is 14.9 Å². The van der Waals surface area contributed by atoms with Gasteiger partial charge in [0, 0.05) is 48.1 Å². The zero-order valence-corrected chi connectivity index (χ0v) is 26.8. The summed E-state index contributed by atoms with van der Waals surface area (Å²) in [6, 6.07) is 21.3. The number of halogens is 1. The standard InChI is InChI=1S/C37H35FN6O4/c1-37(2,27-10-4-23(5-11-27)6-13-34(46)43-47)42-28-14-16-44(17-15-28)36-29(21-40)35(25-7-8-26(20-39)31(38)18-25)30(22-41-36)24-9-12-33(48-3)32(45)19-24/h4-13,18-19,22,28,42,45,47H,14-17H2,1-3H3,(H,43,46)/b13-6+. The number of aromatic hydroxyl groups is 1. The minimum Gasteiger partial charge on any atom is -0.504 e. The lowest BCUT2D eigenvalue weighted by Gasteiger charge is -2.38. The second-order valence-corrected chi connectivity index (χ2v) is 12.0. The minimum absolute atomic E-state index is 0.0908. The van der Waals surface area contributed by atoms with Crippen molar-refractivity contribution in [3.63, 3.8) is 0 Å². The number of hydroxylamine groups is 1. The van der Waals surface area contributed by atoms with Crippen molar-refractivity contribution in [1.29, 1.82) is 10.5 Å². The number of anilines is 1. The fraction of sp³-hybridized carbons (Fsp3) is 0.243. The third-order valence-electron chi connectivity index (χ3n) is 8.57. The molecule has 0 spiro atoms. The molecule has 1 aromatic heterocycles. The van der Waals surface area contributed by atoms with E-state index < -0.39 is 11.7 Å². The molecule has 0 aliphatic carbocycles. The van der Waals surface area contributed by atoms with Crippen molar-refractivity contribution in [2.45, 2.75) is 38.3 Å². The number of hydrogen-bond donors (Lipinski definition) is 4. The molecule has 11 heteroatoms. The van der Waals surface area contributed by atoms with Crippen LogP contribution < -0.4 is 20.4 Å². The van der Waals surface area contributed by atoms with E-state index in [1.807, 2.05) is 30.3 Å². The number of aromatic nitrogens is 1. The molecule has 1 amide bonds. The number of carbonyl (C=O) groups excluding carboxylic acids is 1. The maximum Gasteiger partial charge on any atom is 0.267 e. The second-order valence-electron chi connectivity index (χ2n) is 12.0. The molecule has 0 atom stereocenters. The summed E-state index contributed by atoms with van der Waals surface area (Å²) in [5.41, 5.74) is 5.22. The highest BCUT2D eigenvalue weighted by molar-refractivity contribution is 5.91. The molecular formula is C37H35FN6O4. The number of rotatable bonds is 9. The number of amides is 1. The first kappa shape index (κ1) is 33.6. The van der Waals surface area contributed by atoms with Crippen molar-refractivity contribution in [3.05, 3.63) is 101 Å². The van der Waals surface area contributed by atoms with Gasteiger partial charge < -0.3 is 20.1 Å². The van der Waals surface area contributed by atoms with Gasteiger partial charge in [0.05, 0.1) is 12.7 Å². The minimum atomic E-state index is -0.699. The predicted octanol–water partition coefficient (Wildman–Crippen LogP) is 6.02. The molecule has 2 heterocycles. The van der Waals surface area contributed by atoms with E-state index in [2.05, 4.69) is 30.1 Å². The zero-order valence-electron chi connectivity index (χ0n) is 26.8. The molecule has 1 saturated heterocycles. The Bertz CT molecular complexity index is 1940. The summed E-state index contributed by atoms with van der Waals surface area (Å²) >= 11 is 0. The zero-order chi connectivity index (χ0) is 34.4. The largest absolute Gasteiger partial charge is 0.504 e. The molecule has 5 rings (SSSR count). The predicted molar refractivity (Wildman–Crippen MR) is 180 cm³/mol. The SMILES string of the molecule is COc1ccc(-c2cnc(N3CCC(NC(C)(C)c4ccc(/C=C/C(=O)NO)cc4)CC3)c(C#N)c2-c2ccc(C#N)c(F)c2)cc1O. The Labute approximate surface area is 278 Å². The van der Waals surface area contributed by atoms with Crippen LogP contribution in [0.4, 0.5) is 10.2 Å². The summed E-state index contributed by atoms with van der Waals surface area (Å²) in [5.74, 6) is -0.622. The van der Waals surface area contributed by atoms with E-state index in [-0.39, 0.29) is 34.2 Å². The quantitative estimate of drug-likeness (QED) is 0.0970. The molecule has 0 saturated carbocycles. The average Bonchev–Trinajstić information content (AvgIpc) is 3.10. The van der Waals surface area contributed by atoms with Crippen LogP contribution in [0.2, 0.25) is 0 Å². The van der Waals surface area contributed by atoms with Gasteiger partial charge in [0.2, 0.25) is 0 Å². The molecule has 4 N–H and O–H groups in total. The Morgan fingerprint density at radius 3 is 2.38 bits per heavy atom. The maximum atomic E-state index is 14.9. The number of carbonyl (C=O) groups is 1. The molecule has 10 nitrogen and oxygen atoms in total. The monoisotopic (exact) mass is 646 g/mol. The summed E-state index contributed by atoms with van der Waals surface area (Å²) < 4.78 is 20.1. The smallest absolute Gasteiger partial charge is 0.267 e. The van der Waals surface area contributed by atoms with Crippen molar-refractivity contribution in [3.8, 4) is 45.9 Å². The molecule has 1 aliphatic rings. The second kappa shape index (κ2) is 14.3. The van der Waals surface area contributed by atoms with Gasteiger partial charge in [-0.1, -0.05) is 36.4 Å². The Morgan fingerprint density at radius 2 is 1.77 bits per heavy atom. The van der Waals surface area contributed by atoms with Crippen LogP contribution in [-0.2, 0) is 10.3 Å². The first-order chi connectivity index (χ1) is 23.1.